The average molecular weight is 2270 g/mol. The van der Waals surface area contributed by atoms with Gasteiger partial charge in [-0.05, 0) is 17.3 Å². The van der Waals surface area contributed by atoms with Crippen LogP contribution in [0.4, 0.5) is 11.4 Å². The molecular formula is C18H14N4O2Y22-2. The largest absolute Gasteiger partial charge is 0.623 e. The van der Waals surface area contributed by atoms with E-state index in [0.29, 0.717) is 18.4 Å². The molecule has 2 aromatic carbocycles. The zero-order chi connectivity index (χ0) is 16.5. The van der Waals surface area contributed by atoms with Crippen LogP contribution in [-0.4, -0.2) is 0 Å². The van der Waals surface area contributed by atoms with Crippen molar-refractivity contribution in [1.29, 1.82) is 0 Å². The van der Waals surface area contributed by atoms with Crippen molar-refractivity contribution in [3.05, 3.63) is 91.4 Å². The number of fused-ring (bicyclic) bond motifs is 1. The fourth-order valence-corrected chi connectivity index (χ4v) is 1.93. The number of benzene rings is 2. The van der Waals surface area contributed by atoms with Gasteiger partial charge in [0, 0.05) is 726 Å². The maximum absolute atomic E-state index is 5.48. The Bertz CT molecular complexity index is 816. The molecule has 0 bridgehead atoms. The predicted octanol–water partition coefficient (Wildman–Crippen LogP) is 5.32. The van der Waals surface area contributed by atoms with Crippen LogP contribution in [0, 0.1) is 12.4 Å². The van der Waals surface area contributed by atoms with Gasteiger partial charge in [-0.1, -0.05) is 24.6 Å². The maximum atomic E-state index is 5.48. The van der Waals surface area contributed by atoms with Crippen molar-refractivity contribution >= 4 is 11.4 Å². The molecule has 1 aliphatic heterocycles. The Morgan fingerprint density at radius 2 is 1.13 bits per heavy atom. The molecule has 46 heavy (non-hydrogen) atoms. The molecule has 1 heterocycles. The van der Waals surface area contributed by atoms with E-state index >= 15 is 0 Å². The Labute approximate surface area is 830 Å². The van der Waals surface area contributed by atoms with Crippen LogP contribution < -0.4 is 0 Å². The van der Waals surface area contributed by atoms with Crippen LogP contribution in [0.2, 0.25) is 0 Å². The number of ether oxygens (including phenoxy) is 2. The third kappa shape index (κ3) is 74.0. The van der Waals surface area contributed by atoms with Crippen molar-refractivity contribution in [2.75, 3.05) is 0 Å². The van der Waals surface area contributed by atoms with Gasteiger partial charge >= 0.3 is 0 Å². The quantitative estimate of drug-likeness (QED) is 0.237. The van der Waals surface area contributed by atoms with Crippen molar-refractivity contribution in [1.82, 2.24) is 0 Å². The van der Waals surface area contributed by atoms with Crippen LogP contribution in [0.15, 0.2) is 93.9 Å². The number of azo groups is 2. The summed E-state index contributed by atoms with van der Waals surface area (Å²) < 4.78 is 10.9. The van der Waals surface area contributed by atoms with E-state index in [1.807, 2.05) is 42.5 Å². The molecule has 0 N–H and O–H groups in total. The first-order valence-corrected chi connectivity index (χ1v) is 7.27. The standard InChI is InChI=1S/C18H14N4O2.22Y/c1-2-7-16(8-3-1)21-19-10-12-23-18-14-15-6-4-5-9-17(15)22-20-11-13-24-18;;;;;;;;;;;;;;;;;;;;;;/h1-7,9-13H,14H2;;;;;;;;;;;;;;;;;;;;;;/q-2;;;;;;;;;;;;;;;;;;;;;;/b12-10-,13-11-,21-19?,22-20?;;;;;;;;;;;;;;;;;;;;;;. The smallest absolute Gasteiger partial charge is 0.0865 e. The minimum absolute atomic E-state index is 0. The van der Waals surface area contributed by atoms with Gasteiger partial charge in [-0.15, -0.1) is 6.07 Å². The summed E-state index contributed by atoms with van der Waals surface area (Å²) in [6.45, 7) is 0. The van der Waals surface area contributed by atoms with Crippen molar-refractivity contribution < 1.29 is 729 Å². The Balaban J connectivity index is -0.0000000171. The molecule has 0 amide bonds. The summed E-state index contributed by atoms with van der Waals surface area (Å²) in [5.41, 5.74) is 2.37. The molecule has 0 saturated carbocycles. The molecule has 28 heteroatoms. The molecule has 3 rings (SSSR count). The minimum atomic E-state index is 0. The summed E-state index contributed by atoms with van der Waals surface area (Å²) >= 11 is 0. The van der Waals surface area contributed by atoms with E-state index in [4.69, 9.17) is 9.47 Å². The molecule has 186 valence electrons. The number of nitrogens with zero attached hydrogens (tertiary/aromatic N) is 4. The molecule has 1 aliphatic rings. The van der Waals surface area contributed by atoms with E-state index in [2.05, 4.69) is 26.5 Å². The molecule has 0 aromatic heterocycles. The Morgan fingerprint density at radius 3 is 1.61 bits per heavy atom. The zero-order valence-electron chi connectivity index (χ0n) is 25.4. The van der Waals surface area contributed by atoms with Crippen LogP contribution >= 0.6 is 0 Å². The fourth-order valence-electron chi connectivity index (χ4n) is 1.93. The molecule has 0 spiro atoms. The van der Waals surface area contributed by atoms with E-state index in [9.17, 15) is 0 Å². The van der Waals surface area contributed by atoms with Gasteiger partial charge in [-0.25, -0.2) is 0 Å². The normalized spacial score (nSPS) is 8.43. The second-order valence-electron chi connectivity index (χ2n) is 4.66. The van der Waals surface area contributed by atoms with Crippen LogP contribution in [0.25, 0.3) is 0 Å². The fraction of sp³-hybridized carbons (Fsp3) is 0.0556. The first-order valence-electron chi connectivity index (χ1n) is 7.27. The van der Waals surface area contributed by atoms with Gasteiger partial charge in [-0.2, -0.15) is 44.7 Å². The van der Waals surface area contributed by atoms with E-state index in [1.54, 1.807) is 6.07 Å². The minimum Gasteiger partial charge on any atom is -0.623 e. The summed E-state index contributed by atoms with van der Waals surface area (Å²) in [6.07, 6.45) is 6.56. The van der Waals surface area contributed by atoms with Crippen LogP contribution in [-0.2, 0) is 735 Å². The topological polar surface area (TPSA) is 67.9 Å². The second-order valence-corrected chi connectivity index (χ2v) is 4.66. The Kier molecular flexibility index (Phi) is 285. The molecule has 0 aliphatic carbocycles. The first-order chi connectivity index (χ1) is 11.9. The number of rotatable bonds is 4. The summed E-state index contributed by atoms with van der Waals surface area (Å²) in [7, 11) is 0. The van der Waals surface area contributed by atoms with Gasteiger partial charge in [-0.3, -0.25) is 0 Å². The summed E-state index contributed by atoms with van der Waals surface area (Å²) in [4.78, 5) is 0. The zero-order valence-corrected chi connectivity index (χ0v) is 87.9. The van der Waals surface area contributed by atoms with Gasteiger partial charge in [0.05, 0.1) is 30.6 Å². The van der Waals surface area contributed by atoms with Gasteiger partial charge in [0.15, 0.2) is 0 Å². The third-order valence-corrected chi connectivity index (χ3v) is 3.00. The second kappa shape index (κ2) is 99.3. The van der Waals surface area contributed by atoms with E-state index < -0.39 is 0 Å². The molecule has 2 aromatic rings. The summed E-state index contributed by atoms with van der Waals surface area (Å²) in [5, 5.41) is 15.9. The molecule has 0 saturated heterocycles. The monoisotopic (exact) mass is 2270 g/mol. The van der Waals surface area contributed by atoms with Crippen LogP contribution in [0.1, 0.15) is 5.56 Å². The van der Waals surface area contributed by atoms with Crippen LogP contribution in [0.5, 0.6) is 0 Å². The Hall–Kier alpha value is 21.0. The third-order valence-electron chi connectivity index (χ3n) is 3.00. The molecule has 0 unspecified atom stereocenters. The van der Waals surface area contributed by atoms with Crippen molar-refractivity contribution in [2.24, 2.45) is 20.5 Å². The van der Waals surface area contributed by atoms with Gasteiger partial charge < -0.3 is 9.47 Å². The Morgan fingerprint density at radius 1 is 0.652 bits per heavy atom. The SMILES string of the molecule is [Y].[Y].[Y].[Y].[Y].[Y].[Y].[Y].[Y].[Y].[Y].[Y].[Y].[Y].[Y].[Y].[Y].[Y].[Y].[Y].[Y].[Y].[c-]1ccccc1N=N/C=C\O[C-]1Cc2ccccc2N=N/C=C\O1. The molecule has 0 fully saturated rings. The van der Waals surface area contributed by atoms with Crippen molar-refractivity contribution in [2.45, 2.75) is 6.42 Å². The number of hydrogen-bond acceptors (Lipinski definition) is 6. The van der Waals surface area contributed by atoms with Gasteiger partial charge in [0.1, 0.15) is 0 Å². The predicted molar refractivity (Wildman–Crippen MR) is 88.1 cm³/mol. The average Bonchev–Trinajstić information content (AvgIpc) is 2.72. The summed E-state index contributed by atoms with van der Waals surface area (Å²) in [6, 6.07) is 17.9. The number of hydrogen-bond donors (Lipinski definition) is 0. The molecule has 22 radical (unpaired) electrons. The van der Waals surface area contributed by atoms with E-state index in [-0.39, 0.29) is 720 Å². The van der Waals surface area contributed by atoms with E-state index in [0.717, 1.165) is 11.3 Å². The molecule has 0 atom stereocenters. The maximum Gasteiger partial charge on any atom is 0.0865 e. The van der Waals surface area contributed by atoms with Crippen molar-refractivity contribution in [3.63, 3.8) is 0 Å². The summed E-state index contributed by atoms with van der Waals surface area (Å²) in [5.74, 6) is 0. The van der Waals surface area contributed by atoms with Gasteiger partial charge in [0.25, 0.3) is 0 Å². The van der Waals surface area contributed by atoms with Gasteiger partial charge in [0.2, 0.25) is 0 Å². The first kappa shape index (κ1) is 132. The van der Waals surface area contributed by atoms with Crippen LogP contribution in [0.3, 0.4) is 0 Å². The van der Waals surface area contributed by atoms with Crippen molar-refractivity contribution in [3.8, 4) is 0 Å². The molecular weight excluding hydrogens is 2260 g/mol. The molecule has 6 nitrogen and oxygen atoms in total. The van der Waals surface area contributed by atoms with E-state index in [1.165, 1.54) is 24.9 Å².